The SMILES string of the molecule is CC(=O)Nc1cc(NC(C)=O)cc(C(=O)NCc2ccc(C(F)(F)F)cc2)c1. The third-order valence-electron chi connectivity index (χ3n) is 3.57. The van der Waals surface area contributed by atoms with Crippen molar-refractivity contribution in [2.24, 2.45) is 0 Å². The molecule has 0 fully saturated rings. The van der Waals surface area contributed by atoms with Gasteiger partial charge in [-0.3, -0.25) is 14.4 Å². The van der Waals surface area contributed by atoms with Crippen LogP contribution in [-0.2, 0) is 22.3 Å². The van der Waals surface area contributed by atoms with Gasteiger partial charge in [0.1, 0.15) is 0 Å². The van der Waals surface area contributed by atoms with Gasteiger partial charge in [-0.05, 0) is 35.9 Å². The lowest BCUT2D eigenvalue weighted by molar-refractivity contribution is -0.137. The summed E-state index contributed by atoms with van der Waals surface area (Å²) in [6, 6.07) is 8.78. The fraction of sp³-hybridized carbons (Fsp3) is 0.211. The molecular formula is C19H18F3N3O3. The predicted octanol–water partition coefficient (Wildman–Crippen LogP) is 3.55. The highest BCUT2D eigenvalue weighted by Gasteiger charge is 2.29. The Morgan fingerprint density at radius 3 is 1.79 bits per heavy atom. The molecule has 0 heterocycles. The van der Waals surface area contributed by atoms with Gasteiger partial charge in [0, 0.05) is 37.3 Å². The number of hydrogen-bond acceptors (Lipinski definition) is 3. The first-order valence-electron chi connectivity index (χ1n) is 8.19. The fourth-order valence-corrected chi connectivity index (χ4v) is 2.41. The Hall–Kier alpha value is -3.36. The molecule has 0 atom stereocenters. The van der Waals surface area contributed by atoms with E-state index in [1.54, 1.807) is 0 Å². The first-order valence-corrected chi connectivity index (χ1v) is 8.19. The van der Waals surface area contributed by atoms with Gasteiger partial charge in [0.15, 0.2) is 0 Å². The van der Waals surface area contributed by atoms with E-state index in [1.165, 1.54) is 44.2 Å². The van der Waals surface area contributed by atoms with Crippen LogP contribution in [0.2, 0.25) is 0 Å². The molecule has 0 radical (unpaired) electrons. The summed E-state index contributed by atoms with van der Waals surface area (Å²) in [5, 5.41) is 7.65. The van der Waals surface area contributed by atoms with Gasteiger partial charge in [-0.2, -0.15) is 13.2 Å². The van der Waals surface area contributed by atoms with Crippen LogP contribution < -0.4 is 16.0 Å². The molecule has 0 aliphatic rings. The Morgan fingerprint density at radius 2 is 1.36 bits per heavy atom. The third kappa shape index (κ3) is 6.11. The molecule has 9 heteroatoms. The highest BCUT2D eigenvalue weighted by atomic mass is 19.4. The van der Waals surface area contributed by atoms with Crippen LogP contribution in [0.4, 0.5) is 24.5 Å². The van der Waals surface area contributed by atoms with Crippen LogP contribution in [0.3, 0.4) is 0 Å². The number of nitrogens with one attached hydrogen (secondary N) is 3. The Labute approximate surface area is 159 Å². The van der Waals surface area contributed by atoms with Crippen molar-refractivity contribution in [1.29, 1.82) is 0 Å². The Morgan fingerprint density at radius 1 is 0.857 bits per heavy atom. The number of alkyl halides is 3. The zero-order valence-electron chi connectivity index (χ0n) is 15.1. The average molecular weight is 393 g/mol. The van der Waals surface area contributed by atoms with Gasteiger partial charge in [-0.15, -0.1) is 0 Å². The van der Waals surface area contributed by atoms with Gasteiger partial charge >= 0.3 is 6.18 Å². The van der Waals surface area contributed by atoms with E-state index in [-0.39, 0.29) is 23.9 Å². The summed E-state index contributed by atoms with van der Waals surface area (Å²) < 4.78 is 37.7. The number of anilines is 2. The van der Waals surface area contributed by atoms with E-state index >= 15 is 0 Å². The lowest BCUT2D eigenvalue weighted by atomic mass is 10.1. The molecule has 6 nitrogen and oxygen atoms in total. The van der Waals surface area contributed by atoms with E-state index in [9.17, 15) is 27.6 Å². The van der Waals surface area contributed by atoms with Gasteiger partial charge in [0.2, 0.25) is 11.8 Å². The molecule has 0 spiro atoms. The van der Waals surface area contributed by atoms with Crippen LogP contribution in [0.5, 0.6) is 0 Å². The first-order chi connectivity index (χ1) is 13.0. The second-order valence-electron chi connectivity index (χ2n) is 6.04. The normalized spacial score (nSPS) is 10.9. The quantitative estimate of drug-likeness (QED) is 0.726. The largest absolute Gasteiger partial charge is 0.416 e. The minimum atomic E-state index is -4.42. The number of carbonyl (C=O) groups excluding carboxylic acids is 3. The van der Waals surface area contributed by atoms with E-state index in [1.807, 2.05) is 0 Å². The monoisotopic (exact) mass is 393 g/mol. The highest BCUT2D eigenvalue weighted by Crippen LogP contribution is 2.29. The number of benzene rings is 2. The van der Waals surface area contributed by atoms with Gasteiger partial charge in [-0.1, -0.05) is 12.1 Å². The number of halogens is 3. The fourth-order valence-electron chi connectivity index (χ4n) is 2.41. The Balaban J connectivity index is 2.14. The summed E-state index contributed by atoms with van der Waals surface area (Å²) in [4.78, 5) is 34.9. The van der Waals surface area contributed by atoms with Gasteiger partial charge in [0.05, 0.1) is 5.56 Å². The molecule has 28 heavy (non-hydrogen) atoms. The standard InChI is InChI=1S/C19H18F3N3O3/c1-11(26)24-16-7-14(8-17(9-16)25-12(2)27)18(28)23-10-13-3-5-15(6-4-13)19(20,21)22/h3-9H,10H2,1-2H3,(H,23,28)(H,24,26)(H,25,27). The van der Waals surface area contributed by atoms with Crippen LogP contribution in [0, 0.1) is 0 Å². The van der Waals surface area contributed by atoms with Crippen LogP contribution in [0.1, 0.15) is 35.3 Å². The molecule has 2 rings (SSSR count). The number of carbonyl (C=O) groups is 3. The van der Waals surface area contributed by atoms with E-state index < -0.39 is 17.6 Å². The molecule has 0 aliphatic carbocycles. The molecule has 0 aromatic heterocycles. The zero-order valence-corrected chi connectivity index (χ0v) is 15.1. The molecule has 0 unspecified atom stereocenters. The van der Waals surface area contributed by atoms with Crippen molar-refractivity contribution < 1.29 is 27.6 Å². The molecule has 2 aromatic carbocycles. The highest BCUT2D eigenvalue weighted by molar-refractivity contribution is 5.99. The maximum absolute atomic E-state index is 12.6. The number of hydrogen-bond donors (Lipinski definition) is 3. The molecule has 2 aromatic rings. The van der Waals surface area contributed by atoms with Crippen LogP contribution in [0.25, 0.3) is 0 Å². The lowest BCUT2D eigenvalue weighted by Crippen LogP contribution is -2.23. The molecule has 0 saturated heterocycles. The van der Waals surface area contributed by atoms with Gasteiger partial charge in [-0.25, -0.2) is 0 Å². The zero-order chi connectivity index (χ0) is 20.9. The van der Waals surface area contributed by atoms with Crippen molar-refractivity contribution in [2.45, 2.75) is 26.6 Å². The smallest absolute Gasteiger partial charge is 0.348 e. The number of rotatable bonds is 5. The minimum absolute atomic E-state index is 0.0107. The van der Waals surface area contributed by atoms with Crippen molar-refractivity contribution >= 4 is 29.1 Å². The molecule has 3 N–H and O–H groups in total. The first kappa shape index (κ1) is 20.9. The van der Waals surface area contributed by atoms with Crippen LogP contribution >= 0.6 is 0 Å². The maximum Gasteiger partial charge on any atom is 0.416 e. The average Bonchev–Trinajstić information content (AvgIpc) is 2.57. The van der Waals surface area contributed by atoms with Crippen LogP contribution in [-0.4, -0.2) is 17.7 Å². The van der Waals surface area contributed by atoms with E-state index in [4.69, 9.17) is 0 Å². The third-order valence-corrected chi connectivity index (χ3v) is 3.57. The van der Waals surface area contributed by atoms with E-state index in [0.29, 0.717) is 16.9 Å². The summed E-state index contributed by atoms with van der Waals surface area (Å²) in [7, 11) is 0. The number of amides is 3. The molecule has 0 bridgehead atoms. The molecular weight excluding hydrogens is 375 g/mol. The van der Waals surface area contributed by atoms with Crippen molar-refractivity contribution in [1.82, 2.24) is 5.32 Å². The summed E-state index contributed by atoms with van der Waals surface area (Å²) in [6.45, 7) is 2.61. The summed E-state index contributed by atoms with van der Waals surface area (Å²) in [6.07, 6.45) is -4.42. The van der Waals surface area contributed by atoms with E-state index in [2.05, 4.69) is 16.0 Å². The second kappa shape index (κ2) is 8.55. The molecule has 0 saturated carbocycles. The molecule has 0 aliphatic heterocycles. The lowest BCUT2D eigenvalue weighted by Gasteiger charge is -2.12. The molecule has 3 amide bonds. The van der Waals surface area contributed by atoms with Crippen LogP contribution in [0.15, 0.2) is 42.5 Å². The second-order valence-corrected chi connectivity index (χ2v) is 6.04. The summed E-state index contributed by atoms with van der Waals surface area (Å²) in [5.74, 6) is -1.22. The maximum atomic E-state index is 12.6. The van der Waals surface area contributed by atoms with Crippen molar-refractivity contribution in [3.05, 3.63) is 59.2 Å². The van der Waals surface area contributed by atoms with Gasteiger partial charge in [0.25, 0.3) is 5.91 Å². The Bertz CT molecular complexity index is 859. The minimum Gasteiger partial charge on any atom is -0.348 e. The predicted molar refractivity (Wildman–Crippen MR) is 97.7 cm³/mol. The topological polar surface area (TPSA) is 87.3 Å². The summed E-state index contributed by atoms with van der Waals surface area (Å²) >= 11 is 0. The molecule has 148 valence electrons. The summed E-state index contributed by atoms with van der Waals surface area (Å²) in [5.41, 5.74) is 0.519. The van der Waals surface area contributed by atoms with Crippen molar-refractivity contribution in [2.75, 3.05) is 10.6 Å². The Kier molecular flexibility index (Phi) is 6.40. The van der Waals surface area contributed by atoms with Gasteiger partial charge < -0.3 is 16.0 Å². The van der Waals surface area contributed by atoms with Crippen molar-refractivity contribution in [3.8, 4) is 0 Å². The van der Waals surface area contributed by atoms with Crippen molar-refractivity contribution in [3.63, 3.8) is 0 Å². The van der Waals surface area contributed by atoms with E-state index in [0.717, 1.165) is 12.1 Å².